The van der Waals surface area contributed by atoms with Crippen LogP contribution >= 0.6 is 0 Å². The first-order chi connectivity index (χ1) is 15.0. The molecule has 0 aromatic heterocycles. The Balaban J connectivity index is 1.52. The van der Waals surface area contributed by atoms with Crippen LogP contribution in [0.4, 0.5) is 4.39 Å². The van der Waals surface area contributed by atoms with E-state index in [9.17, 15) is 23.6 Å². The van der Waals surface area contributed by atoms with Gasteiger partial charge in [-0.3, -0.25) is 19.2 Å². The molecule has 0 spiro atoms. The zero-order chi connectivity index (χ0) is 23.2. The van der Waals surface area contributed by atoms with Crippen LogP contribution in [-0.2, 0) is 14.4 Å². The van der Waals surface area contributed by atoms with E-state index in [1.165, 1.54) is 28.0 Å². The van der Waals surface area contributed by atoms with Crippen LogP contribution in [-0.4, -0.2) is 70.7 Å². The number of hydrogen-bond donors (Lipinski definition) is 2. The summed E-state index contributed by atoms with van der Waals surface area (Å²) in [5, 5.41) is 5.86. The Bertz CT molecular complexity index is 960. The molecule has 8 nitrogen and oxygen atoms in total. The molecule has 0 bridgehead atoms. The highest BCUT2D eigenvalue weighted by Crippen LogP contribution is 2.30. The van der Waals surface area contributed by atoms with Crippen molar-refractivity contribution in [1.82, 2.24) is 20.4 Å². The number of benzene rings is 1. The summed E-state index contributed by atoms with van der Waals surface area (Å²) in [6.07, 6.45) is 1.13. The fourth-order valence-corrected chi connectivity index (χ4v) is 4.91. The number of nitrogens with zero attached hydrogens (tertiary/aromatic N) is 2. The number of carbonyl (C=O) groups excluding carboxylic acids is 4. The van der Waals surface area contributed by atoms with Gasteiger partial charge >= 0.3 is 0 Å². The van der Waals surface area contributed by atoms with Gasteiger partial charge in [0.2, 0.25) is 17.7 Å². The molecule has 0 aliphatic carbocycles. The van der Waals surface area contributed by atoms with Gasteiger partial charge in [-0.1, -0.05) is 26.8 Å². The number of likely N-dealkylation sites (tertiary alicyclic amines) is 1. The summed E-state index contributed by atoms with van der Waals surface area (Å²) >= 11 is 0. The first-order valence-corrected chi connectivity index (χ1v) is 11.0. The average molecular weight is 445 g/mol. The van der Waals surface area contributed by atoms with Crippen molar-refractivity contribution in [2.75, 3.05) is 13.1 Å². The predicted octanol–water partition coefficient (Wildman–Crippen LogP) is 1.06. The van der Waals surface area contributed by atoms with Gasteiger partial charge in [-0.25, -0.2) is 4.39 Å². The number of carbonyl (C=O) groups is 4. The van der Waals surface area contributed by atoms with Gasteiger partial charge in [0.15, 0.2) is 0 Å². The molecule has 0 radical (unpaired) electrons. The van der Waals surface area contributed by atoms with E-state index in [0.717, 1.165) is 6.07 Å². The molecule has 32 heavy (non-hydrogen) atoms. The third-order valence-electron chi connectivity index (χ3n) is 6.25. The summed E-state index contributed by atoms with van der Waals surface area (Å²) in [7, 11) is 0. The lowest BCUT2D eigenvalue weighted by atomic mass is 9.92. The molecule has 4 amide bonds. The van der Waals surface area contributed by atoms with Gasteiger partial charge in [0, 0.05) is 31.1 Å². The van der Waals surface area contributed by atoms with Gasteiger partial charge < -0.3 is 20.4 Å². The summed E-state index contributed by atoms with van der Waals surface area (Å²) in [6.45, 7) is 6.42. The zero-order valence-corrected chi connectivity index (χ0v) is 18.6. The Labute approximate surface area is 186 Å². The van der Waals surface area contributed by atoms with Crippen molar-refractivity contribution in [3.63, 3.8) is 0 Å². The molecule has 0 unspecified atom stereocenters. The molecule has 3 aliphatic heterocycles. The first kappa shape index (κ1) is 22.2. The second kappa shape index (κ2) is 8.18. The molecule has 3 aliphatic rings. The van der Waals surface area contributed by atoms with Gasteiger partial charge in [-0.2, -0.15) is 0 Å². The lowest BCUT2D eigenvalue weighted by molar-refractivity contribution is -0.138. The molecule has 172 valence electrons. The number of hydrogen-bond acceptors (Lipinski definition) is 4. The van der Waals surface area contributed by atoms with Crippen molar-refractivity contribution in [3.8, 4) is 0 Å². The van der Waals surface area contributed by atoms with Gasteiger partial charge in [0.05, 0.1) is 6.04 Å². The maximum atomic E-state index is 13.6. The Morgan fingerprint density at radius 2 is 2.00 bits per heavy atom. The molecule has 3 saturated heterocycles. The van der Waals surface area contributed by atoms with Gasteiger partial charge in [-0.15, -0.1) is 0 Å². The number of rotatable bonds is 3. The maximum absolute atomic E-state index is 13.6. The van der Waals surface area contributed by atoms with Crippen LogP contribution in [0.2, 0.25) is 0 Å². The van der Waals surface area contributed by atoms with Crippen molar-refractivity contribution >= 4 is 23.6 Å². The van der Waals surface area contributed by atoms with Crippen LogP contribution in [0.15, 0.2) is 24.3 Å². The van der Waals surface area contributed by atoms with E-state index in [1.54, 1.807) is 0 Å². The predicted molar refractivity (Wildman–Crippen MR) is 114 cm³/mol. The van der Waals surface area contributed by atoms with Crippen LogP contribution in [0, 0.1) is 11.2 Å². The second-order valence-corrected chi connectivity index (χ2v) is 10.1. The summed E-state index contributed by atoms with van der Waals surface area (Å²) < 4.78 is 13.6. The van der Waals surface area contributed by atoms with E-state index in [2.05, 4.69) is 10.6 Å². The van der Waals surface area contributed by atoms with Crippen LogP contribution in [0.5, 0.6) is 0 Å². The van der Waals surface area contributed by atoms with Crippen LogP contribution < -0.4 is 10.6 Å². The zero-order valence-electron chi connectivity index (χ0n) is 18.6. The number of halogens is 1. The van der Waals surface area contributed by atoms with Crippen LogP contribution in [0.1, 0.15) is 50.4 Å². The van der Waals surface area contributed by atoms with Gasteiger partial charge in [-0.05, 0) is 36.5 Å². The quantitative estimate of drug-likeness (QED) is 0.728. The van der Waals surface area contributed by atoms with Gasteiger partial charge in [0.1, 0.15) is 17.9 Å². The SMILES string of the molecule is CC(C)(C)CC(=O)N[C@@H]1C[C@H]2C(=O)N[C@@H]3CCN(C(=O)c4cccc(F)c4)[C@@H]3C(=O)N2C1. The lowest BCUT2D eigenvalue weighted by Gasteiger charge is -2.29. The van der Waals surface area contributed by atoms with Gasteiger partial charge in [0.25, 0.3) is 5.91 Å². The molecule has 1 aromatic rings. The van der Waals surface area contributed by atoms with E-state index in [1.807, 2.05) is 20.8 Å². The topological polar surface area (TPSA) is 98.8 Å². The Hall–Kier alpha value is -2.97. The Morgan fingerprint density at radius 3 is 2.69 bits per heavy atom. The average Bonchev–Trinajstić information content (AvgIpc) is 3.27. The monoisotopic (exact) mass is 444 g/mol. The summed E-state index contributed by atoms with van der Waals surface area (Å²) in [4.78, 5) is 54.7. The van der Waals surface area contributed by atoms with Crippen molar-refractivity contribution in [2.24, 2.45) is 5.41 Å². The summed E-state index contributed by atoms with van der Waals surface area (Å²) in [6, 6.07) is 3.04. The first-order valence-electron chi connectivity index (χ1n) is 11.0. The number of fused-ring (bicyclic) bond motifs is 2. The minimum atomic E-state index is -0.844. The smallest absolute Gasteiger partial charge is 0.254 e. The molecule has 4 rings (SSSR count). The number of nitrogens with one attached hydrogen (secondary N) is 2. The van der Waals surface area contributed by atoms with E-state index in [-0.39, 0.29) is 41.3 Å². The van der Waals surface area contributed by atoms with Crippen molar-refractivity contribution < 1.29 is 23.6 Å². The maximum Gasteiger partial charge on any atom is 0.254 e. The molecular formula is C23H29FN4O4. The fourth-order valence-electron chi connectivity index (χ4n) is 4.91. The van der Waals surface area contributed by atoms with E-state index >= 15 is 0 Å². The molecule has 0 saturated carbocycles. The van der Waals surface area contributed by atoms with E-state index in [0.29, 0.717) is 25.8 Å². The standard InChI is InChI=1S/C23H29FN4O4/c1-23(2,3)11-18(29)25-15-10-17-20(30)26-16-7-8-27(19(16)22(32)28(17)12-15)21(31)13-5-4-6-14(24)9-13/h4-6,9,15-17,19H,7-8,10-12H2,1-3H3,(H,25,29)(H,26,30)/t15-,16-,17+,19+/m1/s1. The van der Waals surface area contributed by atoms with E-state index in [4.69, 9.17) is 0 Å². The molecule has 1 aromatic carbocycles. The highest BCUT2D eigenvalue weighted by Gasteiger charge is 2.52. The molecule has 3 heterocycles. The highest BCUT2D eigenvalue weighted by atomic mass is 19.1. The number of amides is 4. The van der Waals surface area contributed by atoms with Crippen LogP contribution in [0.3, 0.4) is 0 Å². The van der Waals surface area contributed by atoms with E-state index < -0.39 is 29.8 Å². The summed E-state index contributed by atoms with van der Waals surface area (Å²) in [5.74, 6) is -1.66. The molecule has 3 fully saturated rings. The molecule has 9 heteroatoms. The molecule has 2 N–H and O–H groups in total. The minimum absolute atomic E-state index is 0.116. The normalized spacial score (nSPS) is 27.5. The largest absolute Gasteiger partial charge is 0.351 e. The highest BCUT2D eigenvalue weighted by molar-refractivity contribution is 6.00. The third kappa shape index (κ3) is 4.33. The molecular weight excluding hydrogens is 415 g/mol. The Kier molecular flexibility index (Phi) is 5.68. The minimum Gasteiger partial charge on any atom is -0.351 e. The van der Waals surface area contributed by atoms with Crippen LogP contribution in [0.25, 0.3) is 0 Å². The van der Waals surface area contributed by atoms with Crippen molar-refractivity contribution in [3.05, 3.63) is 35.6 Å². The lowest BCUT2D eigenvalue weighted by Crippen LogP contribution is -2.52. The van der Waals surface area contributed by atoms with Crippen molar-refractivity contribution in [1.29, 1.82) is 0 Å². The Morgan fingerprint density at radius 1 is 1.25 bits per heavy atom. The van der Waals surface area contributed by atoms with Crippen molar-refractivity contribution in [2.45, 2.75) is 64.2 Å². The third-order valence-corrected chi connectivity index (χ3v) is 6.25. The fraction of sp³-hybridized carbons (Fsp3) is 0.565. The summed E-state index contributed by atoms with van der Waals surface area (Å²) in [5.41, 5.74) is -0.00534. The second-order valence-electron chi connectivity index (χ2n) is 10.1. The molecule has 4 atom stereocenters.